The minimum Gasteiger partial charge on any atom is -0.195 e. The van der Waals surface area contributed by atoms with Crippen LogP contribution in [0.15, 0.2) is 10.6 Å². The van der Waals surface area contributed by atoms with Gasteiger partial charge in [-0.3, -0.25) is 0 Å². The number of hydrogen-bond donors (Lipinski definition) is 0. The molecule has 1 aliphatic carbocycles. The molecule has 1 rings (SSSR count). The third-order valence-electron chi connectivity index (χ3n) is 1.03. The van der Waals surface area contributed by atoms with E-state index in [2.05, 4.69) is 15.9 Å². The van der Waals surface area contributed by atoms with E-state index in [4.69, 9.17) is 0 Å². The molecule has 0 aromatic heterocycles. The van der Waals surface area contributed by atoms with Crippen LogP contribution < -0.4 is 0 Å². The van der Waals surface area contributed by atoms with Gasteiger partial charge >= 0.3 is 11.8 Å². The van der Waals surface area contributed by atoms with E-state index in [0.29, 0.717) is 0 Å². The van der Waals surface area contributed by atoms with E-state index in [1.54, 1.807) is 0 Å². The Morgan fingerprint density at radius 2 is 1.67 bits per heavy atom. The molecular formula is C4HBrF4. The predicted molar refractivity (Wildman–Crippen MR) is 26.9 cm³/mol. The van der Waals surface area contributed by atoms with Crippen molar-refractivity contribution >= 4 is 15.9 Å². The van der Waals surface area contributed by atoms with E-state index in [-0.39, 0.29) is 6.08 Å². The van der Waals surface area contributed by atoms with Crippen molar-refractivity contribution in [3.63, 3.8) is 0 Å². The van der Waals surface area contributed by atoms with Gasteiger partial charge in [-0.1, -0.05) is 0 Å². The first-order valence-corrected chi connectivity index (χ1v) is 2.82. The van der Waals surface area contributed by atoms with Crippen LogP contribution in [0.5, 0.6) is 0 Å². The zero-order valence-electron chi connectivity index (χ0n) is 3.97. The first kappa shape index (κ1) is 7.05. The summed E-state index contributed by atoms with van der Waals surface area (Å²) in [5, 5.41) is 0. The van der Waals surface area contributed by atoms with Crippen LogP contribution in [0.1, 0.15) is 0 Å². The molecule has 0 heterocycles. The molecule has 0 aromatic carbocycles. The summed E-state index contributed by atoms with van der Waals surface area (Å²) in [5.74, 6) is -7.93. The molecule has 0 N–H and O–H groups in total. The Hall–Kier alpha value is -0.0600. The fraction of sp³-hybridized carbons (Fsp3) is 0.500. The molecule has 1 aliphatic rings. The molecule has 0 amide bonds. The molecule has 0 atom stereocenters. The largest absolute Gasteiger partial charge is 0.345 e. The Morgan fingerprint density at radius 1 is 1.22 bits per heavy atom. The molecule has 0 aromatic rings. The highest BCUT2D eigenvalue weighted by atomic mass is 79.9. The van der Waals surface area contributed by atoms with Gasteiger partial charge in [0.15, 0.2) is 0 Å². The van der Waals surface area contributed by atoms with Crippen molar-refractivity contribution in [3.05, 3.63) is 10.6 Å². The highest BCUT2D eigenvalue weighted by Crippen LogP contribution is 2.52. The van der Waals surface area contributed by atoms with E-state index in [1.807, 2.05) is 0 Å². The summed E-state index contributed by atoms with van der Waals surface area (Å²) < 4.78 is 46.4. The first-order chi connectivity index (χ1) is 3.88. The van der Waals surface area contributed by atoms with Crippen LogP contribution in [0.4, 0.5) is 17.6 Å². The molecule has 0 radical (unpaired) electrons. The summed E-state index contributed by atoms with van der Waals surface area (Å²) in [7, 11) is 0. The van der Waals surface area contributed by atoms with Gasteiger partial charge in [-0.05, 0) is 15.9 Å². The van der Waals surface area contributed by atoms with Crippen LogP contribution in [-0.4, -0.2) is 11.8 Å². The number of halogens is 5. The van der Waals surface area contributed by atoms with Crippen molar-refractivity contribution in [3.8, 4) is 0 Å². The average Bonchev–Trinajstić information content (AvgIpc) is 1.65. The normalized spacial score (nSPS) is 28.8. The van der Waals surface area contributed by atoms with E-state index in [0.717, 1.165) is 0 Å². The lowest BCUT2D eigenvalue weighted by atomic mass is 10.0. The fourth-order valence-electron chi connectivity index (χ4n) is 0.422. The van der Waals surface area contributed by atoms with Crippen LogP contribution in [0, 0.1) is 0 Å². The van der Waals surface area contributed by atoms with Crippen molar-refractivity contribution < 1.29 is 17.6 Å². The standard InChI is InChI=1S/C4HBrF4/c5-2-1-3(6,7)4(2,8)9/h1H. The molecule has 9 heavy (non-hydrogen) atoms. The Bertz CT molecular complexity index is 171. The van der Waals surface area contributed by atoms with Gasteiger partial charge in [0.2, 0.25) is 0 Å². The summed E-state index contributed by atoms with van der Waals surface area (Å²) >= 11 is 2.29. The van der Waals surface area contributed by atoms with Gasteiger partial charge in [0, 0.05) is 6.08 Å². The lowest BCUT2D eigenvalue weighted by Crippen LogP contribution is -2.47. The van der Waals surface area contributed by atoms with E-state index >= 15 is 0 Å². The van der Waals surface area contributed by atoms with Crippen LogP contribution >= 0.6 is 15.9 Å². The van der Waals surface area contributed by atoms with Crippen molar-refractivity contribution in [2.45, 2.75) is 11.8 Å². The lowest BCUT2D eigenvalue weighted by Gasteiger charge is -2.31. The number of alkyl halides is 4. The molecule has 0 spiro atoms. The fourth-order valence-corrected chi connectivity index (χ4v) is 0.974. The maximum Gasteiger partial charge on any atom is 0.345 e. The Balaban J connectivity index is 2.94. The topological polar surface area (TPSA) is 0 Å². The van der Waals surface area contributed by atoms with Crippen molar-refractivity contribution in [1.29, 1.82) is 0 Å². The molecule has 0 aliphatic heterocycles. The van der Waals surface area contributed by atoms with Gasteiger partial charge in [-0.15, -0.1) is 0 Å². The maximum atomic E-state index is 11.8. The van der Waals surface area contributed by atoms with Crippen LogP contribution in [0.2, 0.25) is 0 Å². The Morgan fingerprint density at radius 3 is 1.67 bits per heavy atom. The van der Waals surface area contributed by atoms with Gasteiger partial charge in [-0.25, -0.2) is 0 Å². The van der Waals surface area contributed by atoms with Gasteiger partial charge in [0.1, 0.15) is 0 Å². The second-order valence-electron chi connectivity index (χ2n) is 1.69. The van der Waals surface area contributed by atoms with Crippen molar-refractivity contribution in [2.75, 3.05) is 0 Å². The molecule has 0 saturated carbocycles. The zero-order valence-corrected chi connectivity index (χ0v) is 5.55. The number of rotatable bonds is 0. The Labute approximate surface area is 56.7 Å². The van der Waals surface area contributed by atoms with E-state index in [1.165, 1.54) is 0 Å². The first-order valence-electron chi connectivity index (χ1n) is 2.02. The zero-order chi connectivity index (χ0) is 7.28. The molecule has 0 unspecified atom stereocenters. The second kappa shape index (κ2) is 1.51. The number of allylic oxidation sites excluding steroid dienone is 2. The van der Waals surface area contributed by atoms with E-state index in [9.17, 15) is 17.6 Å². The lowest BCUT2D eigenvalue weighted by molar-refractivity contribution is -0.172. The SMILES string of the molecule is FC1(F)C=C(Br)C1(F)F. The van der Waals surface area contributed by atoms with Crippen LogP contribution in [0.3, 0.4) is 0 Å². The molecule has 0 nitrogen and oxygen atoms in total. The Kier molecular flexibility index (Phi) is 1.18. The minimum atomic E-state index is -3.98. The third-order valence-corrected chi connectivity index (χ3v) is 1.75. The molecule has 52 valence electrons. The van der Waals surface area contributed by atoms with Gasteiger partial charge in [0.05, 0.1) is 4.48 Å². The average molecular weight is 205 g/mol. The highest BCUT2D eigenvalue weighted by molar-refractivity contribution is 9.11. The van der Waals surface area contributed by atoms with Crippen LogP contribution in [0.25, 0.3) is 0 Å². The molecule has 0 fully saturated rings. The molecular weight excluding hydrogens is 204 g/mol. The molecule has 5 heteroatoms. The summed E-state index contributed by atoms with van der Waals surface area (Å²) in [5.41, 5.74) is 0. The van der Waals surface area contributed by atoms with Crippen molar-refractivity contribution in [2.24, 2.45) is 0 Å². The van der Waals surface area contributed by atoms with Crippen molar-refractivity contribution in [1.82, 2.24) is 0 Å². The summed E-state index contributed by atoms with van der Waals surface area (Å²) in [6.07, 6.45) is 0.188. The quantitative estimate of drug-likeness (QED) is 0.533. The number of hydrogen-bond acceptors (Lipinski definition) is 0. The van der Waals surface area contributed by atoms with E-state index < -0.39 is 16.3 Å². The molecule has 0 saturated heterocycles. The van der Waals surface area contributed by atoms with Gasteiger partial charge in [0.25, 0.3) is 0 Å². The summed E-state index contributed by atoms with van der Waals surface area (Å²) in [4.78, 5) is 0. The maximum absolute atomic E-state index is 11.8. The van der Waals surface area contributed by atoms with Crippen LogP contribution in [-0.2, 0) is 0 Å². The predicted octanol–water partition coefficient (Wildman–Crippen LogP) is 2.55. The third kappa shape index (κ3) is 0.705. The monoisotopic (exact) mass is 204 g/mol. The van der Waals surface area contributed by atoms with Gasteiger partial charge in [-0.2, -0.15) is 17.6 Å². The minimum absolute atomic E-state index is 0.188. The summed E-state index contributed by atoms with van der Waals surface area (Å²) in [6, 6.07) is 0. The highest BCUT2D eigenvalue weighted by Gasteiger charge is 2.64. The summed E-state index contributed by atoms with van der Waals surface area (Å²) in [6.45, 7) is 0. The second-order valence-corrected chi connectivity index (χ2v) is 2.54. The van der Waals surface area contributed by atoms with Gasteiger partial charge < -0.3 is 0 Å². The smallest absolute Gasteiger partial charge is 0.195 e. The molecule has 0 bridgehead atoms.